The number of aromatic nitrogens is 1. The van der Waals surface area contributed by atoms with Gasteiger partial charge in [0, 0.05) is 5.38 Å². The molecule has 0 bridgehead atoms. The standard InChI is InChI=1S/C21H20FN3O4S/c1-2-28-18-6-4-3-5-17(18)21-23-15(13-30-21)11-19(26)24-25-20(27)12-29-16-9-7-14(22)8-10-16/h3-10,13H,2,11-12H2,1H3,(H,24,26)(H,25,27). The molecule has 1 heterocycles. The van der Waals surface area contributed by atoms with Gasteiger partial charge in [0.05, 0.1) is 24.3 Å². The van der Waals surface area contributed by atoms with Gasteiger partial charge in [0.2, 0.25) is 5.91 Å². The fourth-order valence-corrected chi connectivity index (χ4v) is 3.35. The van der Waals surface area contributed by atoms with Gasteiger partial charge < -0.3 is 9.47 Å². The van der Waals surface area contributed by atoms with Crippen LogP contribution in [0.3, 0.4) is 0 Å². The molecule has 0 unspecified atom stereocenters. The number of carbonyl (C=O) groups is 2. The second-order valence-corrected chi connectivity index (χ2v) is 6.95. The summed E-state index contributed by atoms with van der Waals surface area (Å²) in [7, 11) is 0. The van der Waals surface area contributed by atoms with Crippen LogP contribution in [0.5, 0.6) is 11.5 Å². The van der Waals surface area contributed by atoms with Crippen LogP contribution in [0.2, 0.25) is 0 Å². The Morgan fingerprint density at radius 2 is 1.77 bits per heavy atom. The van der Waals surface area contributed by atoms with E-state index in [-0.39, 0.29) is 13.0 Å². The third-order valence-corrected chi connectivity index (χ3v) is 4.76. The van der Waals surface area contributed by atoms with Crippen molar-refractivity contribution < 1.29 is 23.5 Å². The van der Waals surface area contributed by atoms with Crippen molar-refractivity contribution in [1.82, 2.24) is 15.8 Å². The molecule has 30 heavy (non-hydrogen) atoms. The minimum atomic E-state index is -0.544. The summed E-state index contributed by atoms with van der Waals surface area (Å²) in [6.07, 6.45) is 0.00635. The Balaban J connectivity index is 1.47. The molecule has 0 saturated heterocycles. The topological polar surface area (TPSA) is 89.5 Å². The van der Waals surface area contributed by atoms with E-state index >= 15 is 0 Å². The van der Waals surface area contributed by atoms with E-state index in [1.807, 2.05) is 31.2 Å². The van der Waals surface area contributed by atoms with Gasteiger partial charge in [-0.3, -0.25) is 20.4 Å². The average Bonchev–Trinajstić information content (AvgIpc) is 3.20. The van der Waals surface area contributed by atoms with Crippen LogP contribution in [0.4, 0.5) is 4.39 Å². The fraction of sp³-hybridized carbons (Fsp3) is 0.190. The highest BCUT2D eigenvalue weighted by Crippen LogP contribution is 2.32. The lowest BCUT2D eigenvalue weighted by atomic mass is 10.2. The van der Waals surface area contributed by atoms with Crippen LogP contribution >= 0.6 is 11.3 Å². The minimum absolute atomic E-state index is 0.00635. The van der Waals surface area contributed by atoms with Crippen molar-refractivity contribution >= 4 is 23.2 Å². The summed E-state index contributed by atoms with van der Waals surface area (Å²) >= 11 is 1.41. The molecule has 2 amide bonds. The van der Waals surface area contributed by atoms with Crippen LogP contribution in [0, 0.1) is 5.82 Å². The van der Waals surface area contributed by atoms with Gasteiger partial charge in [0.15, 0.2) is 6.61 Å². The predicted molar refractivity (Wildman–Crippen MR) is 111 cm³/mol. The van der Waals surface area contributed by atoms with Gasteiger partial charge in [-0.05, 0) is 43.3 Å². The number of halogens is 1. The fourth-order valence-electron chi connectivity index (χ4n) is 2.50. The Hall–Kier alpha value is -3.46. The highest BCUT2D eigenvalue weighted by molar-refractivity contribution is 7.13. The van der Waals surface area contributed by atoms with Crippen LogP contribution in [0.25, 0.3) is 10.6 Å². The SMILES string of the molecule is CCOc1ccccc1-c1nc(CC(=O)NNC(=O)COc2ccc(F)cc2)cs1. The molecule has 0 radical (unpaired) electrons. The number of hydrazine groups is 1. The van der Waals surface area contributed by atoms with Crippen LogP contribution in [-0.2, 0) is 16.0 Å². The van der Waals surface area contributed by atoms with E-state index in [0.29, 0.717) is 18.1 Å². The molecule has 0 aliphatic rings. The highest BCUT2D eigenvalue weighted by Gasteiger charge is 2.13. The monoisotopic (exact) mass is 429 g/mol. The maximum absolute atomic E-state index is 12.8. The van der Waals surface area contributed by atoms with E-state index in [0.717, 1.165) is 16.3 Å². The van der Waals surface area contributed by atoms with Crippen LogP contribution in [-0.4, -0.2) is 30.0 Å². The van der Waals surface area contributed by atoms with E-state index in [2.05, 4.69) is 15.8 Å². The normalized spacial score (nSPS) is 10.3. The van der Waals surface area contributed by atoms with E-state index < -0.39 is 17.6 Å². The summed E-state index contributed by atoms with van der Waals surface area (Å²) < 4.78 is 23.7. The van der Waals surface area contributed by atoms with E-state index in [1.165, 1.54) is 35.6 Å². The summed E-state index contributed by atoms with van der Waals surface area (Å²) in [6.45, 7) is 2.14. The van der Waals surface area contributed by atoms with Crippen LogP contribution in [0.15, 0.2) is 53.9 Å². The van der Waals surface area contributed by atoms with Crippen molar-refractivity contribution in [2.75, 3.05) is 13.2 Å². The third kappa shape index (κ3) is 6.02. The number of thiazole rings is 1. The Kier molecular flexibility index (Phi) is 7.34. The zero-order chi connectivity index (χ0) is 21.3. The van der Waals surface area contributed by atoms with Crippen LogP contribution in [0.1, 0.15) is 12.6 Å². The average molecular weight is 429 g/mol. The Morgan fingerprint density at radius 1 is 1.03 bits per heavy atom. The molecule has 3 aromatic rings. The molecule has 2 aromatic carbocycles. The zero-order valence-corrected chi connectivity index (χ0v) is 17.0. The Labute approximate surface area is 176 Å². The maximum Gasteiger partial charge on any atom is 0.276 e. The van der Waals surface area contributed by atoms with Crippen molar-refractivity contribution in [3.05, 3.63) is 65.4 Å². The summed E-state index contributed by atoms with van der Waals surface area (Å²) in [5, 5.41) is 2.54. The second-order valence-electron chi connectivity index (χ2n) is 6.09. The first-order chi connectivity index (χ1) is 14.5. The number of rotatable bonds is 8. The van der Waals surface area contributed by atoms with Gasteiger partial charge in [0.25, 0.3) is 5.91 Å². The molecule has 3 rings (SSSR count). The molecule has 0 atom stereocenters. The highest BCUT2D eigenvalue weighted by atomic mass is 32.1. The Morgan fingerprint density at radius 3 is 2.53 bits per heavy atom. The number of ether oxygens (including phenoxy) is 2. The van der Waals surface area contributed by atoms with Gasteiger partial charge in [-0.15, -0.1) is 11.3 Å². The van der Waals surface area contributed by atoms with E-state index in [4.69, 9.17) is 9.47 Å². The quantitative estimate of drug-likeness (QED) is 0.537. The van der Waals surface area contributed by atoms with Gasteiger partial charge in [-0.1, -0.05) is 12.1 Å². The molecule has 0 fully saturated rings. The first-order valence-corrected chi connectivity index (χ1v) is 10.1. The minimum Gasteiger partial charge on any atom is -0.493 e. The van der Waals surface area contributed by atoms with Crippen LogP contribution < -0.4 is 20.3 Å². The third-order valence-electron chi connectivity index (χ3n) is 3.84. The van der Waals surface area contributed by atoms with Crippen molar-refractivity contribution in [1.29, 1.82) is 0 Å². The molecule has 0 spiro atoms. The number of benzene rings is 2. The molecule has 0 saturated carbocycles. The van der Waals surface area contributed by atoms with Gasteiger partial charge in [-0.2, -0.15) is 0 Å². The largest absolute Gasteiger partial charge is 0.493 e. The summed E-state index contributed by atoms with van der Waals surface area (Å²) in [5.41, 5.74) is 6.03. The number of hydrogen-bond acceptors (Lipinski definition) is 6. The smallest absolute Gasteiger partial charge is 0.276 e. The van der Waals surface area contributed by atoms with Crippen molar-refractivity contribution in [3.63, 3.8) is 0 Å². The molecular formula is C21H20FN3O4S. The molecular weight excluding hydrogens is 409 g/mol. The van der Waals surface area contributed by atoms with Gasteiger partial charge in [0.1, 0.15) is 22.3 Å². The predicted octanol–water partition coefficient (Wildman–Crippen LogP) is 3.12. The van der Waals surface area contributed by atoms with Crippen molar-refractivity contribution in [2.45, 2.75) is 13.3 Å². The molecule has 1 aromatic heterocycles. The first kappa shape index (κ1) is 21.3. The van der Waals surface area contributed by atoms with E-state index in [1.54, 1.807) is 5.38 Å². The number of para-hydroxylation sites is 1. The molecule has 2 N–H and O–H groups in total. The molecule has 7 nitrogen and oxygen atoms in total. The summed E-state index contributed by atoms with van der Waals surface area (Å²) in [4.78, 5) is 28.3. The number of nitrogens with one attached hydrogen (secondary N) is 2. The lowest BCUT2D eigenvalue weighted by molar-refractivity contribution is -0.129. The van der Waals surface area contributed by atoms with Crippen molar-refractivity contribution in [3.8, 4) is 22.1 Å². The maximum atomic E-state index is 12.8. The molecule has 9 heteroatoms. The summed E-state index contributed by atoms with van der Waals surface area (Å²) in [5.74, 6) is -0.276. The number of amides is 2. The van der Waals surface area contributed by atoms with Gasteiger partial charge >= 0.3 is 0 Å². The number of carbonyl (C=O) groups excluding carboxylic acids is 2. The van der Waals surface area contributed by atoms with Gasteiger partial charge in [-0.25, -0.2) is 9.37 Å². The second kappa shape index (κ2) is 10.4. The van der Waals surface area contributed by atoms with Crippen molar-refractivity contribution in [2.24, 2.45) is 0 Å². The van der Waals surface area contributed by atoms with E-state index in [9.17, 15) is 14.0 Å². The first-order valence-electron chi connectivity index (χ1n) is 9.18. The Bertz CT molecular complexity index is 1010. The zero-order valence-electron chi connectivity index (χ0n) is 16.2. The summed E-state index contributed by atoms with van der Waals surface area (Å²) in [6, 6.07) is 12.8. The lowest BCUT2D eigenvalue weighted by Gasteiger charge is -2.08. The molecule has 156 valence electrons. The molecule has 0 aliphatic carbocycles. The molecule has 0 aliphatic heterocycles. The lowest BCUT2D eigenvalue weighted by Crippen LogP contribution is -2.44. The number of nitrogens with zero attached hydrogens (tertiary/aromatic N) is 1. The number of hydrogen-bond donors (Lipinski definition) is 2.